The zero-order valence-corrected chi connectivity index (χ0v) is 32.7. The largest absolute Gasteiger partial charge is 0.491 e. The number of benzene rings is 2. The second kappa shape index (κ2) is 23.2. The maximum absolute atomic E-state index is 14.0. The Hall–Kier alpha value is -6.54. The molecule has 18 nitrogen and oxygen atoms in total. The minimum Gasteiger partial charge on any atom is -0.386 e. The molecular formula is C39H51F3N10O8. The number of carbonyl (C=O) groups excluding carboxylic acids is 7. The van der Waals surface area contributed by atoms with Gasteiger partial charge in [0.25, 0.3) is 0 Å². The Kier molecular flexibility index (Phi) is 18.5. The normalized spacial score (nSPS) is 14.8. The van der Waals surface area contributed by atoms with Crippen molar-refractivity contribution in [3.63, 3.8) is 0 Å². The molecule has 3 rings (SSSR count). The van der Waals surface area contributed by atoms with E-state index >= 15 is 0 Å². The van der Waals surface area contributed by atoms with E-state index in [2.05, 4.69) is 31.3 Å². The average molecular weight is 845 g/mol. The minimum absolute atomic E-state index is 0.0706. The Morgan fingerprint density at radius 3 is 1.90 bits per heavy atom. The first-order valence-corrected chi connectivity index (χ1v) is 19.2. The van der Waals surface area contributed by atoms with Crippen LogP contribution in [0.4, 0.5) is 18.9 Å². The maximum Gasteiger partial charge on any atom is 0.491 e. The van der Waals surface area contributed by atoms with Gasteiger partial charge < -0.3 is 48.5 Å². The molecule has 1 aliphatic carbocycles. The predicted molar refractivity (Wildman–Crippen MR) is 211 cm³/mol. The van der Waals surface area contributed by atoms with Gasteiger partial charge in [0, 0.05) is 24.2 Å². The molecule has 2 aromatic carbocycles. The summed E-state index contributed by atoms with van der Waals surface area (Å²) in [5.74, 6) is -11.3. The number of hydrogen-bond acceptors (Lipinski definition) is 10. The summed E-state index contributed by atoms with van der Waals surface area (Å²) in [6.45, 7) is 0.0706. The third-order valence-electron chi connectivity index (χ3n) is 9.66. The third-order valence-corrected chi connectivity index (χ3v) is 9.66. The Morgan fingerprint density at radius 1 is 0.750 bits per heavy atom. The zero-order valence-electron chi connectivity index (χ0n) is 32.7. The number of guanidine groups is 1. The third kappa shape index (κ3) is 16.4. The standard InChI is InChI=1S/C39H51F3N10O8/c40-39(41,42)37(59)60-30(53)18-17-28(50-34(56)26(33(55)49-25-10-5-2-6-11-25)20-23-13-15-24(16-14-23)31(43)44)36(58)51-27(12-7-19-48-38(46)47)35(57)52-29(32(45)54)21-22-8-3-1-4-9-22/h2,5-6,10-11,13-16,22,26-29H,1,3-4,7-9,12,17-21H2,(H3,43,44)(H2,45,54)(H,49,55)(H,50,56)(H,51,58)(H,52,57)(H4,46,47,48)/t26?,27-,28-,29-/m0/s1. The second-order valence-corrected chi connectivity index (χ2v) is 14.3. The van der Waals surface area contributed by atoms with Gasteiger partial charge in [0.2, 0.25) is 29.5 Å². The molecule has 5 amide bonds. The number of hydrogen-bond donors (Lipinski definition) is 10. The number of alkyl halides is 3. The summed E-state index contributed by atoms with van der Waals surface area (Å²) in [7, 11) is 0. The molecule has 1 saturated carbocycles. The van der Waals surface area contributed by atoms with E-state index in [9.17, 15) is 46.7 Å². The van der Waals surface area contributed by atoms with Gasteiger partial charge in [-0.3, -0.25) is 39.6 Å². The van der Waals surface area contributed by atoms with Gasteiger partial charge in [0.15, 0.2) is 5.96 Å². The van der Waals surface area contributed by atoms with Crippen LogP contribution >= 0.6 is 0 Å². The number of amides is 5. The van der Waals surface area contributed by atoms with Crippen molar-refractivity contribution in [2.75, 3.05) is 11.9 Å². The first-order chi connectivity index (χ1) is 28.3. The smallest absolute Gasteiger partial charge is 0.386 e. The van der Waals surface area contributed by atoms with Crippen LogP contribution in [0, 0.1) is 22.7 Å². The number of ether oxygens (including phenoxy) is 1. The molecule has 0 heterocycles. The van der Waals surface area contributed by atoms with Gasteiger partial charge in [-0.15, -0.1) is 0 Å². The summed E-state index contributed by atoms with van der Waals surface area (Å²) in [5.41, 5.74) is 17.6. The molecule has 1 unspecified atom stereocenters. The lowest BCUT2D eigenvalue weighted by atomic mass is 9.84. The van der Waals surface area contributed by atoms with Crippen molar-refractivity contribution in [1.29, 1.82) is 10.8 Å². The number of carbonyl (C=O) groups is 7. The Labute approximate surface area is 343 Å². The van der Waals surface area contributed by atoms with Gasteiger partial charge in [-0.1, -0.05) is 74.6 Å². The van der Waals surface area contributed by atoms with E-state index in [1.54, 1.807) is 30.3 Å². The number of nitrogens with one attached hydrogen (secondary N) is 7. The summed E-state index contributed by atoms with van der Waals surface area (Å²) < 4.78 is 42.4. The van der Waals surface area contributed by atoms with E-state index in [0.717, 1.165) is 32.1 Å². The van der Waals surface area contributed by atoms with E-state index in [1.807, 2.05) is 0 Å². The molecule has 13 N–H and O–H groups in total. The van der Waals surface area contributed by atoms with Gasteiger partial charge >= 0.3 is 18.1 Å². The maximum atomic E-state index is 14.0. The number of para-hydroxylation sites is 1. The van der Waals surface area contributed by atoms with Gasteiger partial charge in [-0.25, -0.2) is 4.79 Å². The highest BCUT2D eigenvalue weighted by atomic mass is 19.4. The highest BCUT2D eigenvalue weighted by Crippen LogP contribution is 2.27. The van der Waals surface area contributed by atoms with Crippen LogP contribution < -0.4 is 43.8 Å². The average Bonchev–Trinajstić information content (AvgIpc) is 3.19. The molecule has 0 saturated heterocycles. The number of rotatable bonds is 21. The molecule has 4 atom stereocenters. The van der Waals surface area contributed by atoms with Crippen LogP contribution in [0.2, 0.25) is 0 Å². The Balaban J connectivity index is 1.93. The SMILES string of the molecule is N=C(N)NCCC[C@H](NC(=O)[C@H](CCC(=O)OC(=O)C(F)(F)F)NC(=O)C(Cc1ccc(C(=N)N)cc1)C(=O)Nc1ccccc1)C(=O)N[C@@H](CC1CCCCC1)C(N)=O. The molecule has 0 aromatic heterocycles. The van der Waals surface area contributed by atoms with E-state index in [4.69, 9.17) is 28.0 Å². The van der Waals surface area contributed by atoms with E-state index in [0.29, 0.717) is 16.8 Å². The molecule has 0 radical (unpaired) electrons. The van der Waals surface area contributed by atoms with Crippen LogP contribution in [0.3, 0.4) is 0 Å². The lowest BCUT2D eigenvalue weighted by Gasteiger charge is -2.28. The summed E-state index contributed by atoms with van der Waals surface area (Å²) in [5, 5.41) is 27.6. The molecular weight excluding hydrogens is 793 g/mol. The molecule has 21 heteroatoms. The molecule has 1 fully saturated rings. The lowest BCUT2D eigenvalue weighted by molar-refractivity contribution is -0.201. The predicted octanol–water partition coefficient (Wildman–Crippen LogP) is 1.35. The van der Waals surface area contributed by atoms with Crippen molar-refractivity contribution in [1.82, 2.24) is 21.3 Å². The molecule has 60 heavy (non-hydrogen) atoms. The minimum atomic E-state index is -5.51. The van der Waals surface area contributed by atoms with Gasteiger partial charge in [0.1, 0.15) is 29.9 Å². The summed E-state index contributed by atoms with van der Waals surface area (Å²) in [6, 6.07) is 9.67. The number of primary amides is 1. The van der Waals surface area contributed by atoms with Crippen LogP contribution in [-0.4, -0.2) is 84.1 Å². The van der Waals surface area contributed by atoms with Crippen molar-refractivity contribution in [3.05, 3.63) is 65.7 Å². The fraction of sp³-hybridized carbons (Fsp3) is 0.462. The quantitative estimate of drug-likeness (QED) is 0.0281. The van der Waals surface area contributed by atoms with Crippen molar-refractivity contribution >= 4 is 59.0 Å². The van der Waals surface area contributed by atoms with Crippen LogP contribution in [0.5, 0.6) is 0 Å². The molecule has 1 aliphatic rings. The van der Waals surface area contributed by atoms with Crippen LogP contribution in [0.15, 0.2) is 54.6 Å². The number of anilines is 1. The second-order valence-electron chi connectivity index (χ2n) is 14.3. The fourth-order valence-corrected chi connectivity index (χ4v) is 6.47. The molecule has 0 bridgehead atoms. The van der Waals surface area contributed by atoms with Gasteiger partial charge in [-0.05, 0) is 55.7 Å². The number of amidine groups is 1. The van der Waals surface area contributed by atoms with E-state index < -0.39 is 84.5 Å². The molecule has 2 aromatic rings. The van der Waals surface area contributed by atoms with Crippen LogP contribution in [0.25, 0.3) is 0 Å². The number of nitrogen functional groups attached to an aromatic ring is 1. The molecule has 326 valence electrons. The van der Waals surface area contributed by atoms with E-state index in [-0.39, 0.29) is 49.9 Å². The highest BCUT2D eigenvalue weighted by Gasteiger charge is 2.42. The summed E-state index contributed by atoms with van der Waals surface area (Å²) >= 11 is 0. The van der Waals surface area contributed by atoms with Gasteiger partial charge in [0.05, 0.1) is 0 Å². The van der Waals surface area contributed by atoms with Crippen LogP contribution in [-0.2, 0) is 44.7 Å². The monoisotopic (exact) mass is 844 g/mol. The van der Waals surface area contributed by atoms with Crippen molar-refractivity contribution in [2.24, 2.45) is 29.0 Å². The lowest BCUT2D eigenvalue weighted by Crippen LogP contribution is -2.57. The molecule has 0 spiro atoms. The van der Waals surface area contributed by atoms with Crippen LogP contribution in [0.1, 0.15) is 75.3 Å². The van der Waals surface area contributed by atoms with Crippen molar-refractivity contribution in [3.8, 4) is 0 Å². The van der Waals surface area contributed by atoms with E-state index in [1.165, 1.54) is 24.3 Å². The Morgan fingerprint density at radius 2 is 1.33 bits per heavy atom. The first-order valence-electron chi connectivity index (χ1n) is 19.2. The van der Waals surface area contributed by atoms with Crippen molar-refractivity contribution < 1.29 is 51.5 Å². The van der Waals surface area contributed by atoms with Gasteiger partial charge in [-0.2, -0.15) is 13.2 Å². The topological polar surface area (TPSA) is 315 Å². The summed E-state index contributed by atoms with van der Waals surface area (Å²) in [4.78, 5) is 91.6. The number of halogens is 3. The number of nitrogens with two attached hydrogens (primary N) is 3. The Bertz CT molecular complexity index is 1860. The molecule has 0 aliphatic heterocycles. The van der Waals surface area contributed by atoms with Crippen molar-refractivity contribution in [2.45, 2.75) is 94.9 Å². The first kappa shape index (κ1) is 47.8. The zero-order chi connectivity index (χ0) is 44.4. The summed E-state index contributed by atoms with van der Waals surface area (Å²) in [6.07, 6.45) is -2.78. The fourth-order valence-electron chi connectivity index (χ4n) is 6.47. The number of esters is 2. The highest BCUT2D eigenvalue weighted by molar-refractivity contribution is 6.07.